The van der Waals surface area contributed by atoms with Crippen molar-refractivity contribution in [2.45, 2.75) is 32.4 Å². The summed E-state index contributed by atoms with van der Waals surface area (Å²) in [5, 5.41) is 11.1. The Morgan fingerprint density at radius 2 is 2.12 bits per heavy atom. The lowest BCUT2D eigenvalue weighted by atomic mass is 10.1. The van der Waals surface area contributed by atoms with E-state index in [0.717, 1.165) is 23.3 Å². The largest absolute Gasteiger partial charge is 0.457 e. The van der Waals surface area contributed by atoms with Crippen molar-refractivity contribution in [3.05, 3.63) is 75.2 Å². The molecule has 1 aromatic carbocycles. The zero-order valence-corrected chi connectivity index (χ0v) is 20.4. The lowest BCUT2D eigenvalue weighted by Gasteiger charge is -2.24. The minimum Gasteiger partial charge on any atom is -0.457 e. The van der Waals surface area contributed by atoms with Crippen molar-refractivity contribution in [2.75, 3.05) is 33.4 Å². The second-order valence-electron chi connectivity index (χ2n) is 8.06. The van der Waals surface area contributed by atoms with Crippen molar-refractivity contribution >= 4 is 27.5 Å². The number of nitrogens with one attached hydrogen (secondary N) is 1. The van der Waals surface area contributed by atoms with Gasteiger partial charge in [0, 0.05) is 26.8 Å². The number of ether oxygens (including phenoxy) is 2. The smallest absolute Gasteiger partial charge is 0.348 e. The summed E-state index contributed by atoms with van der Waals surface area (Å²) in [6, 6.07) is 9.83. The predicted molar refractivity (Wildman–Crippen MR) is 133 cm³/mol. The van der Waals surface area contributed by atoms with E-state index in [4.69, 9.17) is 9.47 Å². The van der Waals surface area contributed by atoms with E-state index in [-0.39, 0.29) is 12.2 Å². The molecule has 3 rings (SSSR count). The molecule has 0 saturated carbocycles. The number of rotatable bonds is 13. The molecule has 0 amide bonds. The number of methoxy groups -OCH3 is 1. The fraction of sp³-hybridized carbons (Fsp3) is 0.400. The standard InChI is InChI=1S/C25H31N3O5S/c1-4-12-33-25(31)22-17(2)21-23(30)26-20(27-24(21)34-22)16-28(11-8-13-32-3)15-19(29)14-18-9-6-5-7-10-18/h4-7,9-10,19,29H,1,8,11-16H2,2-3H3,(H,26,27,30). The maximum atomic E-state index is 12.8. The van der Waals surface area contributed by atoms with Gasteiger partial charge in [-0.3, -0.25) is 9.69 Å². The van der Waals surface area contributed by atoms with Crippen molar-refractivity contribution < 1.29 is 19.4 Å². The fourth-order valence-electron chi connectivity index (χ4n) is 3.79. The first-order valence-corrected chi connectivity index (χ1v) is 12.0. The number of aromatic nitrogens is 2. The summed E-state index contributed by atoms with van der Waals surface area (Å²) in [5.41, 5.74) is 1.33. The number of benzene rings is 1. The molecule has 0 aliphatic heterocycles. The number of esters is 1. The molecule has 0 fully saturated rings. The fourth-order valence-corrected chi connectivity index (χ4v) is 4.88. The van der Waals surface area contributed by atoms with Crippen LogP contribution in [0.15, 0.2) is 47.8 Å². The molecule has 2 aromatic heterocycles. The third-order valence-corrected chi connectivity index (χ3v) is 6.51. The van der Waals surface area contributed by atoms with E-state index >= 15 is 0 Å². The maximum Gasteiger partial charge on any atom is 0.348 e. The number of aliphatic hydroxyl groups excluding tert-OH is 1. The number of fused-ring (bicyclic) bond motifs is 1. The molecule has 1 atom stereocenters. The molecule has 34 heavy (non-hydrogen) atoms. The summed E-state index contributed by atoms with van der Waals surface area (Å²) >= 11 is 1.15. The number of aryl methyl sites for hydroxylation is 1. The molecule has 1 unspecified atom stereocenters. The summed E-state index contributed by atoms with van der Waals surface area (Å²) in [7, 11) is 1.65. The molecule has 0 radical (unpaired) electrons. The van der Waals surface area contributed by atoms with Gasteiger partial charge in [-0.25, -0.2) is 9.78 Å². The van der Waals surface area contributed by atoms with E-state index in [1.165, 1.54) is 6.08 Å². The SMILES string of the molecule is C=CCOC(=O)c1sc2nc(CN(CCCOC)CC(O)Cc3ccccc3)[nH]c(=O)c2c1C. The number of H-pyrrole nitrogens is 1. The quantitative estimate of drug-likeness (QED) is 0.218. The van der Waals surface area contributed by atoms with E-state index < -0.39 is 12.1 Å². The summed E-state index contributed by atoms with van der Waals surface area (Å²) < 4.78 is 10.3. The van der Waals surface area contributed by atoms with Crippen LogP contribution in [0.5, 0.6) is 0 Å². The summed E-state index contributed by atoms with van der Waals surface area (Å²) in [6.45, 7) is 7.40. The summed E-state index contributed by atoms with van der Waals surface area (Å²) in [4.78, 5) is 35.5. The number of nitrogens with zero attached hydrogens (tertiary/aromatic N) is 2. The highest BCUT2D eigenvalue weighted by atomic mass is 32.1. The van der Waals surface area contributed by atoms with Gasteiger partial charge in [0.2, 0.25) is 0 Å². The van der Waals surface area contributed by atoms with E-state index in [9.17, 15) is 14.7 Å². The van der Waals surface area contributed by atoms with Gasteiger partial charge in [0.15, 0.2) is 0 Å². The van der Waals surface area contributed by atoms with Crippen molar-refractivity contribution in [3.63, 3.8) is 0 Å². The molecule has 0 bridgehead atoms. The molecule has 9 heteroatoms. The maximum absolute atomic E-state index is 12.8. The van der Waals surface area contributed by atoms with Crippen LogP contribution in [0.4, 0.5) is 0 Å². The lowest BCUT2D eigenvalue weighted by Crippen LogP contribution is -2.35. The van der Waals surface area contributed by atoms with Gasteiger partial charge in [0.1, 0.15) is 22.1 Å². The van der Waals surface area contributed by atoms with Gasteiger partial charge in [-0.05, 0) is 30.9 Å². The number of carbonyl (C=O) groups is 1. The Bertz CT molecular complexity index is 1160. The number of hydrogen-bond acceptors (Lipinski definition) is 8. The van der Waals surface area contributed by atoms with E-state index in [0.29, 0.717) is 59.1 Å². The van der Waals surface area contributed by atoms with Gasteiger partial charge >= 0.3 is 5.97 Å². The molecule has 2 N–H and O–H groups in total. The molecule has 0 spiro atoms. The van der Waals surface area contributed by atoms with E-state index in [1.807, 2.05) is 30.3 Å². The Balaban J connectivity index is 1.79. The number of hydrogen-bond donors (Lipinski definition) is 2. The van der Waals surface area contributed by atoms with Crippen LogP contribution in [0.3, 0.4) is 0 Å². The second-order valence-corrected chi connectivity index (χ2v) is 9.06. The average molecular weight is 486 g/mol. The third-order valence-electron chi connectivity index (χ3n) is 5.35. The van der Waals surface area contributed by atoms with Gasteiger partial charge < -0.3 is 19.6 Å². The van der Waals surface area contributed by atoms with Crippen molar-refractivity contribution in [3.8, 4) is 0 Å². The number of aromatic amines is 1. The average Bonchev–Trinajstić information content (AvgIpc) is 3.15. The minimum atomic E-state index is -0.574. The van der Waals surface area contributed by atoms with E-state index in [1.54, 1.807) is 14.0 Å². The Morgan fingerprint density at radius 3 is 2.82 bits per heavy atom. The molecule has 2 heterocycles. The van der Waals surface area contributed by atoms with Crippen LogP contribution >= 0.6 is 11.3 Å². The molecule has 8 nitrogen and oxygen atoms in total. The minimum absolute atomic E-state index is 0.100. The Morgan fingerprint density at radius 1 is 1.35 bits per heavy atom. The zero-order valence-electron chi connectivity index (χ0n) is 19.6. The van der Waals surface area contributed by atoms with Crippen LogP contribution in [0.1, 0.15) is 33.0 Å². The Labute approximate surface area is 202 Å². The monoisotopic (exact) mass is 485 g/mol. The topological polar surface area (TPSA) is 105 Å². The van der Waals surface area contributed by atoms with E-state index in [2.05, 4.69) is 21.4 Å². The highest BCUT2D eigenvalue weighted by Crippen LogP contribution is 2.27. The van der Waals surface area contributed by atoms with Crippen LogP contribution in [0.25, 0.3) is 10.2 Å². The van der Waals surface area contributed by atoms with Crippen LogP contribution in [0, 0.1) is 6.92 Å². The summed E-state index contributed by atoms with van der Waals surface area (Å²) in [6.07, 6.45) is 2.23. The molecule has 182 valence electrons. The van der Waals surface area contributed by atoms with Crippen LogP contribution in [0.2, 0.25) is 0 Å². The highest BCUT2D eigenvalue weighted by Gasteiger charge is 2.21. The van der Waals surface area contributed by atoms with Gasteiger partial charge in [-0.1, -0.05) is 43.0 Å². The summed E-state index contributed by atoms with van der Waals surface area (Å²) in [5.74, 6) is -0.0133. The van der Waals surface area contributed by atoms with Crippen molar-refractivity contribution in [1.82, 2.24) is 14.9 Å². The van der Waals surface area contributed by atoms with Crippen LogP contribution in [-0.4, -0.2) is 65.5 Å². The molecule has 0 saturated heterocycles. The van der Waals surface area contributed by atoms with Crippen molar-refractivity contribution in [1.29, 1.82) is 0 Å². The van der Waals surface area contributed by atoms with Gasteiger partial charge in [0.05, 0.1) is 18.0 Å². The number of carbonyl (C=O) groups excluding carboxylic acids is 1. The normalized spacial score (nSPS) is 12.2. The molecule has 3 aromatic rings. The van der Waals surface area contributed by atoms with Gasteiger partial charge in [0.25, 0.3) is 5.56 Å². The second kappa shape index (κ2) is 12.6. The molecule has 0 aliphatic carbocycles. The first-order chi connectivity index (χ1) is 16.4. The van der Waals surface area contributed by atoms with Gasteiger partial charge in [-0.15, -0.1) is 11.3 Å². The first kappa shape index (κ1) is 25.8. The predicted octanol–water partition coefficient (Wildman–Crippen LogP) is 3.08. The Hall–Kier alpha value is -2.85. The lowest BCUT2D eigenvalue weighted by molar-refractivity contribution is 0.0554. The molecular formula is C25H31N3O5S. The Kier molecular flexibility index (Phi) is 9.52. The van der Waals surface area contributed by atoms with Gasteiger partial charge in [-0.2, -0.15) is 0 Å². The molecule has 0 aliphatic rings. The first-order valence-electron chi connectivity index (χ1n) is 11.2. The van der Waals surface area contributed by atoms with Crippen LogP contribution in [-0.2, 0) is 22.4 Å². The number of thiophene rings is 1. The van der Waals surface area contributed by atoms with Crippen molar-refractivity contribution in [2.24, 2.45) is 0 Å². The zero-order chi connectivity index (χ0) is 24.5. The van der Waals surface area contributed by atoms with Crippen LogP contribution < -0.4 is 5.56 Å². The molecular weight excluding hydrogens is 454 g/mol. The number of aliphatic hydroxyl groups is 1. The highest BCUT2D eigenvalue weighted by molar-refractivity contribution is 7.20. The third kappa shape index (κ3) is 6.83.